The second-order valence-electron chi connectivity index (χ2n) is 4.22. The highest BCUT2D eigenvalue weighted by atomic mass is 32.2. The second-order valence-corrected chi connectivity index (χ2v) is 6.22. The predicted molar refractivity (Wildman–Crippen MR) is 81.8 cm³/mol. The maximum atomic E-state index is 12.8. The summed E-state index contributed by atoms with van der Waals surface area (Å²) in [4.78, 5) is 11.4. The van der Waals surface area contributed by atoms with Gasteiger partial charge in [-0.05, 0) is 36.4 Å². The van der Waals surface area contributed by atoms with Crippen LogP contribution in [-0.2, 0) is 10.0 Å². The fourth-order valence-electron chi connectivity index (χ4n) is 1.64. The predicted octanol–water partition coefficient (Wildman–Crippen LogP) is 2.74. The monoisotopic (exact) mass is 325 g/mol. The highest BCUT2D eigenvalue weighted by Gasteiger charge is 2.15. The van der Waals surface area contributed by atoms with Crippen molar-refractivity contribution in [2.75, 3.05) is 10.5 Å². The molecule has 2 rings (SSSR count). The molecule has 21 heavy (non-hydrogen) atoms. The van der Waals surface area contributed by atoms with Gasteiger partial charge in [-0.25, -0.2) is 12.8 Å². The molecular weight excluding hydrogens is 313 g/mol. The molecule has 1 N–H and O–H groups in total. The number of carbonyl (C=O) groups is 1. The van der Waals surface area contributed by atoms with Crippen LogP contribution in [0.3, 0.4) is 0 Å². The van der Waals surface area contributed by atoms with Crippen molar-refractivity contribution >= 4 is 34.1 Å². The van der Waals surface area contributed by atoms with Crippen molar-refractivity contribution in [3.8, 4) is 0 Å². The first-order valence-electron chi connectivity index (χ1n) is 5.95. The van der Waals surface area contributed by atoms with Crippen molar-refractivity contribution < 1.29 is 17.6 Å². The molecule has 0 unspecified atom stereocenters. The lowest BCUT2D eigenvalue weighted by molar-refractivity contribution is 0.102. The van der Waals surface area contributed by atoms with E-state index in [1.807, 2.05) is 0 Å². The minimum atomic E-state index is -3.78. The van der Waals surface area contributed by atoms with E-state index in [0.29, 0.717) is 5.56 Å². The Morgan fingerprint density at radius 1 is 1.05 bits per heavy atom. The summed E-state index contributed by atoms with van der Waals surface area (Å²) >= 11 is 3.87. The number of halogens is 1. The van der Waals surface area contributed by atoms with Crippen LogP contribution in [0.5, 0.6) is 0 Å². The Balaban J connectivity index is 2.23. The zero-order valence-corrected chi connectivity index (χ0v) is 12.5. The molecule has 0 aliphatic rings. The summed E-state index contributed by atoms with van der Waals surface area (Å²) in [6.07, 6.45) is 0. The zero-order valence-electron chi connectivity index (χ0n) is 10.8. The molecule has 7 heteroatoms. The number of anilines is 1. The van der Waals surface area contributed by atoms with Gasteiger partial charge in [0.2, 0.25) is 0 Å². The van der Waals surface area contributed by atoms with E-state index in [0.717, 1.165) is 12.1 Å². The molecule has 0 amide bonds. The minimum absolute atomic E-state index is 0.0162. The highest BCUT2D eigenvalue weighted by Crippen LogP contribution is 2.17. The molecule has 0 atom stereocenters. The topological polar surface area (TPSA) is 63.2 Å². The minimum Gasteiger partial charge on any atom is -0.293 e. The summed E-state index contributed by atoms with van der Waals surface area (Å²) < 4.78 is 39.4. The molecule has 0 spiro atoms. The third-order valence-corrected chi connectivity index (χ3v) is 4.41. The molecule has 0 saturated heterocycles. The number of hydrogen-bond acceptors (Lipinski definition) is 4. The Bertz CT molecular complexity index is 741. The van der Waals surface area contributed by atoms with Gasteiger partial charge in [-0.15, -0.1) is 0 Å². The Labute approximate surface area is 127 Å². The van der Waals surface area contributed by atoms with Gasteiger partial charge in [0.25, 0.3) is 10.0 Å². The number of hydrogen-bond donors (Lipinski definition) is 2. The fourth-order valence-corrected chi connectivity index (χ4v) is 2.88. The van der Waals surface area contributed by atoms with Crippen molar-refractivity contribution in [2.24, 2.45) is 0 Å². The number of sulfonamides is 1. The van der Waals surface area contributed by atoms with Crippen molar-refractivity contribution in [3.63, 3.8) is 0 Å². The van der Waals surface area contributed by atoms with Crippen molar-refractivity contribution in [1.82, 2.24) is 0 Å². The van der Waals surface area contributed by atoms with E-state index in [9.17, 15) is 17.6 Å². The number of ketones is 1. The van der Waals surface area contributed by atoms with Crippen LogP contribution in [0.15, 0.2) is 53.4 Å². The summed E-state index contributed by atoms with van der Waals surface area (Å²) in [5.41, 5.74) is 0.651. The summed E-state index contributed by atoms with van der Waals surface area (Å²) in [7, 11) is -3.78. The van der Waals surface area contributed by atoms with Gasteiger partial charge in [-0.3, -0.25) is 9.52 Å². The smallest absolute Gasteiger partial charge is 0.261 e. The summed E-state index contributed by atoms with van der Waals surface area (Å²) in [6, 6.07) is 10.5. The van der Waals surface area contributed by atoms with E-state index in [4.69, 9.17) is 0 Å². The molecule has 0 aliphatic carbocycles. The van der Waals surface area contributed by atoms with Crippen molar-refractivity contribution in [2.45, 2.75) is 4.90 Å². The molecule has 0 bridgehead atoms. The van der Waals surface area contributed by atoms with Crippen LogP contribution < -0.4 is 4.72 Å². The molecule has 0 fully saturated rings. The third-order valence-electron chi connectivity index (χ3n) is 2.73. The van der Waals surface area contributed by atoms with Crippen molar-refractivity contribution in [3.05, 3.63) is 59.9 Å². The van der Waals surface area contributed by atoms with Crippen LogP contribution in [0, 0.1) is 5.82 Å². The number of benzene rings is 2. The van der Waals surface area contributed by atoms with Crippen LogP contribution in [0.1, 0.15) is 10.4 Å². The standard InChI is InChI=1S/C14H12FNO3S2/c15-11-3-5-12(6-4-11)16-21(18,19)13-7-1-10(2-8-13)14(17)9-20/h1-8,16,20H,9H2. The first kappa shape index (κ1) is 15.5. The molecule has 0 saturated carbocycles. The second kappa shape index (κ2) is 6.28. The fraction of sp³-hybridized carbons (Fsp3) is 0.0714. The molecular formula is C14H12FNO3S2. The van der Waals surface area contributed by atoms with Crippen molar-refractivity contribution in [1.29, 1.82) is 0 Å². The van der Waals surface area contributed by atoms with Crippen LogP contribution in [0.2, 0.25) is 0 Å². The van der Waals surface area contributed by atoms with E-state index in [2.05, 4.69) is 17.4 Å². The van der Waals surface area contributed by atoms with Gasteiger partial charge in [0.05, 0.1) is 10.6 Å². The summed E-state index contributed by atoms with van der Waals surface area (Å²) in [6.45, 7) is 0. The van der Waals surface area contributed by atoms with Crippen LogP contribution >= 0.6 is 12.6 Å². The Hall–Kier alpha value is -1.86. The third kappa shape index (κ3) is 3.83. The Kier molecular flexibility index (Phi) is 4.64. The van der Waals surface area contributed by atoms with E-state index < -0.39 is 15.8 Å². The number of thiol groups is 1. The normalized spacial score (nSPS) is 11.1. The van der Waals surface area contributed by atoms with Gasteiger partial charge in [0, 0.05) is 11.3 Å². The molecule has 0 aliphatic heterocycles. The maximum Gasteiger partial charge on any atom is 0.261 e. The summed E-state index contributed by atoms with van der Waals surface area (Å²) in [5, 5.41) is 0. The molecule has 0 aromatic heterocycles. The van der Waals surface area contributed by atoms with Gasteiger partial charge < -0.3 is 0 Å². The van der Waals surface area contributed by atoms with Gasteiger partial charge in [0.1, 0.15) is 5.82 Å². The van der Waals surface area contributed by atoms with E-state index in [1.165, 1.54) is 36.4 Å². The molecule has 2 aromatic rings. The molecule has 0 heterocycles. The largest absolute Gasteiger partial charge is 0.293 e. The molecule has 2 aromatic carbocycles. The molecule has 110 valence electrons. The average Bonchev–Trinajstić information content (AvgIpc) is 2.49. The Morgan fingerprint density at radius 3 is 2.14 bits per heavy atom. The quantitative estimate of drug-likeness (QED) is 0.656. The average molecular weight is 325 g/mol. The van der Waals surface area contributed by atoms with Gasteiger partial charge in [-0.2, -0.15) is 12.6 Å². The Morgan fingerprint density at radius 2 is 1.62 bits per heavy atom. The van der Waals surface area contributed by atoms with E-state index >= 15 is 0 Å². The lowest BCUT2D eigenvalue weighted by atomic mass is 10.1. The molecule has 4 nitrogen and oxygen atoms in total. The van der Waals surface area contributed by atoms with Crippen LogP contribution in [0.4, 0.5) is 10.1 Å². The maximum absolute atomic E-state index is 12.8. The van der Waals surface area contributed by atoms with Gasteiger partial charge in [0.15, 0.2) is 5.78 Å². The number of nitrogens with one attached hydrogen (secondary N) is 1. The number of carbonyl (C=O) groups excluding carboxylic acids is 1. The van der Waals surface area contributed by atoms with Crippen LogP contribution in [0.25, 0.3) is 0 Å². The number of Topliss-reactive ketones (excluding diaryl/α,β-unsaturated/α-hetero) is 1. The zero-order chi connectivity index (χ0) is 15.5. The molecule has 0 radical (unpaired) electrons. The lowest BCUT2D eigenvalue weighted by Gasteiger charge is -2.08. The number of rotatable bonds is 5. The van der Waals surface area contributed by atoms with Gasteiger partial charge >= 0.3 is 0 Å². The SMILES string of the molecule is O=C(CS)c1ccc(S(=O)(=O)Nc2ccc(F)cc2)cc1. The van der Waals surface area contributed by atoms with E-state index in [1.54, 1.807) is 0 Å². The first-order chi connectivity index (χ1) is 9.92. The highest BCUT2D eigenvalue weighted by molar-refractivity contribution is 7.92. The van der Waals surface area contributed by atoms with Crippen LogP contribution in [-0.4, -0.2) is 20.0 Å². The van der Waals surface area contributed by atoms with E-state index in [-0.39, 0.29) is 22.1 Å². The lowest BCUT2D eigenvalue weighted by Crippen LogP contribution is -2.13. The van der Waals surface area contributed by atoms with Gasteiger partial charge in [-0.1, -0.05) is 12.1 Å². The first-order valence-corrected chi connectivity index (χ1v) is 8.06. The summed E-state index contributed by atoms with van der Waals surface area (Å²) in [5.74, 6) is -0.582.